The lowest BCUT2D eigenvalue weighted by molar-refractivity contribution is -0.139. The molecule has 2 aromatic rings. The topological polar surface area (TPSA) is 65.7 Å². The van der Waals surface area contributed by atoms with Gasteiger partial charge in [-0.05, 0) is 30.4 Å². The van der Waals surface area contributed by atoms with E-state index in [0.29, 0.717) is 16.9 Å². The molecule has 0 aliphatic rings. The first-order valence-corrected chi connectivity index (χ1v) is 6.02. The fourth-order valence-electron chi connectivity index (χ4n) is 1.69. The molecule has 0 amide bonds. The Morgan fingerprint density at radius 3 is 2.85 bits per heavy atom. The number of hydrogen-bond acceptors (Lipinski definition) is 5. The second-order valence-electron chi connectivity index (χ2n) is 4.10. The van der Waals surface area contributed by atoms with Crippen LogP contribution >= 0.6 is 0 Å². The van der Waals surface area contributed by atoms with Gasteiger partial charge in [-0.15, -0.1) is 0 Å². The Morgan fingerprint density at radius 2 is 2.15 bits per heavy atom. The van der Waals surface area contributed by atoms with Gasteiger partial charge in [0.2, 0.25) is 0 Å². The van der Waals surface area contributed by atoms with E-state index < -0.39 is 5.63 Å². The number of fused-ring (bicyclic) bond motifs is 1. The van der Waals surface area contributed by atoms with Crippen LogP contribution in [0, 0.1) is 0 Å². The first-order valence-electron chi connectivity index (χ1n) is 6.02. The molecule has 0 fully saturated rings. The molecule has 0 radical (unpaired) electrons. The molecule has 0 N–H and O–H groups in total. The number of esters is 1. The number of ether oxygens (including phenoxy) is 2. The number of carbonyl (C=O) groups is 1. The maximum absolute atomic E-state index is 11.8. The third-order valence-corrected chi connectivity index (χ3v) is 2.65. The Bertz CT molecular complexity index is 712. The van der Waals surface area contributed by atoms with E-state index in [4.69, 9.17) is 13.9 Å². The lowest BCUT2D eigenvalue weighted by Crippen LogP contribution is -2.03. The van der Waals surface area contributed by atoms with Crippen molar-refractivity contribution in [2.45, 2.75) is 6.92 Å². The predicted molar refractivity (Wildman–Crippen MR) is 74.7 cm³/mol. The van der Waals surface area contributed by atoms with Crippen molar-refractivity contribution in [3.63, 3.8) is 0 Å². The average molecular weight is 274 g/mol. The summed E-state index contributed by atoms with van der Waals surface area (Å²) in [4.78, 5) is 22.4. The largest absolute Gasteiger partial charge is 0.497 e. The maximum Gasteiger partial charge on any atom is 0.343 e. The van der Waals surface area contributed by atoms with Crippen LogP contribution < -0.4 is 10.4 Å². The van der Waals surface area contributed by atoms with Gasteiger partial charge in [0.1, 0.15) is 17.9 Å². The molecule has 2 rings (SSSR count). The van der Waals surface area contributed by atoms with Crippen LogP contribution in [0.2, 0.25) is 0 Å². The third-order valence-electron chi connectivity index (χ3n) is 2.65. The minimum atomic E-state index is -0.454. The molecule has 5 heteroatoms. The van der Waals surface area contributed by atoms with Crippen LogP contribution in [0.25, 0.3) is 17.0 Å². The zero-order valence-corrected chi connectivity index (χ0v) is 11.2. The van der Waals surface area contributed by atoms with E-state index in [0.717, 1.165) is 5.39 Å². The summed E-state index contributed by atoms with van der Waals surface area (Å²) in [7, 11) is 1.55. The van der Waals surface area contributed by atoms with Gasteiger partial charge in [0.15, 0.2) is 0 Å². The minimum absolute atomic E-state index is 0.120. The molecule has 104 valence electrons. The molecule has 0 unspecified atom stereocenters. The van der Waals surface area contributed by atoms with Crippen molar-refractivity contribution < 1.29 is 18.7 Å². The fourth-order valence-corrected chi connectivity index (χ4v) is 1.69. The molecule has 0 bridgehead atoms. The lowest BCUT2D eigenvalue weighted by atomic mass is 10.1. The summed E-state index contributed by atoms with van der Waals surface area (Å²) in [6, 6.07) is 6.96. The summed E-state index contributed by atoms with van der Waals surface area (Å²) < 4.78 is 15.0. The Hall–Kier alpha value is -2.56. The zero-order chi connectivity index (χ0) is 14.5. The fraction of sp³-hybridized carbons (Fsp3) is 0.200. The highest BCUT2D eigenvalue weighted by molar-refractivity contribution is 5.80. The number of methoxy groups -OCH3 is 1. The molecule has 0 saturated carbocycles. The molecule has 1 heterocycles. The SMILES string of the molecule is COc1ccc2cc(/C=C/COC(C)=O)c(=O)oc2c1. The average Bonchev–Trinajstić information content (AvgIpc) is 2.43. The molecule has 5 nitrogen and oxygen atoms in total. The Balaban J connectivity index is 2.29. The Labute approximate surface area is 115 Å². The van der Waals surface area contributed by atoms with Crippen molar-refractivity contribution in [3.05, 3.63) is 46.3 Å². The Kier molecular flexibility index (Phi) is 4.20. The van der Waals surface area contributed by atoms with E-state index in [9.17, 15) is 9.59 Å². The van der Waals surface area contributed by atoms with Crippen LogP contribution in [0.15, 0.2) is 39.6 Å². The molecular formula is C15H14O5. The quantitative estimate of drug-likeness (QED) is 0.632. The van der Waals surface area contributed by atoms with Crippen molar-refractivity contribution in [3.8, 4) is 5.75 Å². The second kappa shape index (κ2) is 6.06. The molecule has 20 heavy (non-hydrogen) atoms. The molecule has 0 aliphatic heterocycles. The highest BCUT2D eigenvalue weighted by atomic mass is 16.5. The first kappa shape index (κ1) is 13.9. The van der Waals surface area contributed by atoms with Gasteiger partial charge < -0.3 is 13.9 Å². The zero-order valence-electron chi connectivity index (χ0n) is 11.2. The lowest BCUT2D eigenvalue weighted by Gasteiger charge is -2.02. The van der Waals surface area contributed by atoms with Crippen LogP contribution in [0.3, 0.4) is 0 Å². The molecule has 1 aromatic heterocycles. The van der Waals surface area contributed by atoms with E-state index in [2.05, 4.69) is 0 Å². The summed E-state index contributed by atoms with van der Waals surface area (Å²) in [6.07, 6.45) is 3.15. The summed E-state index contributed by atoms with van der Waals surface area (Å²) in [5.41, 5.74) is 0.408. The van der Waals surface area contributed by atoms with Gasteiger partial charge >= 0.3 is 11.6 Å². The summed E-state index contributed by atoms with van der Waals surface area (Å²) in [5, 5.41) is 0.789. The van der Waals surface area contributed by atoms with Gasteiger partial charge in [-0.3, -0.25) is 4.79 Å². The van der Waals surface area contributed by atoms with Crippen LogP contribution in [-0.4, -0.2) is 19.7 Å². The molecule has 0 saturated heterocycles. The Morgan fingerprint density at radius 1 is 1.35 bits per heavy atom. The van der Waals surface area contributed by atoms with E-state index in [1.807, 2.05) is 0 Å². The maximum atomic E-state index is 11.8. The van der Waals surface area contributed by atoms with E-state index in [-0.39, 0.29) is 12.6 Å². The van der Waals surface area contributed by atoms with Crippen molar-refractivity contribution in [1.29, 1.82) is 0 Å². The van der Waals surface area contributed by atoms with Gasteiger partial charge in [0.25, 0.3) is 0 Å². The first-order chi connectivity index (χ1) is 9.60. The summed E-state index contributed by atoms with van der Waals surface area (Å²) in [6.45, 7) is 1.45. The van der Waals surface area contributed by atoms with Gasteiger partial charge in [-0.2, -0.15) is 0 Å². The van der Waals surface area contributed by atoms with Gasteiger partial charge in [0, 0.05) is 18.4 Å². The van der Waals surface area contributed by atoms with Crippen molar-refractivity contribution in [2.75, 3.05) is 13.7 Å². The van der Waals surface area contributed by atoms with Crippen molar-refractivity contribution in [2.24, 2.45) is 0 Å². The van der Waals surface area contributed by atoms with Crippen LogP contribution in [0.1, 0.15) is 12.5 Å². The third kappa shape index (κ3) is 3.26. The normalized spacial score (nSPS) is 10.9. The molecule has 1 aromatic carbocycles. The van der Waals surface area contributed by atoms with Gasteiger partial charge in [-0.25, -0.2) is 4.79 Å². The number of carbonyl (C=O) groups excluding carboxylic acids is 1. The van der Waals surface area contributed by atoms with Gasteiger partial charge in [0.05, 0.1) is 12.7 Å². The second-order valence-corrected chi connectivity index (χ2v) is 4.10. The number of rotatable bonds is 4. The smallest absolute Gasteiger partial charge is 0.343 e. The molecule has 0 aliphatic carbocycles. The van der Waals surface area contributed by atoms with Crippen LogP contribution in [-0.2, 0) is 9.53 Å². The highest BCUT2D eigenvalue weighted by Gasteiger charge is 2.04. The number of hydrogen-bond donors (Lipinski definition) is 0. The van der Waals surface area contributed by atoms with Crippen molar-refractivity contribution in [1.82, 2.24) is 0 Å². The van der Waals surface area contributed by atoms with E-state index in [1.165, 1.54) is 6.92 Å². The monoisotopic (exact) mass is 274 g/mol. The minimum Gasteiger partial charge on any atom is -0.497 e. The molecular weight excluding hydrogens is 260 g/mol. The highest BCUT2D eigenvalue weighted by Crippen LogP contribution is 2.20. The standard InChI is InChI=1S/C15H14O5/c1-10(16)19-7-3-4-12-8-11-5-6-13(18-2)9-14(11)20-15(12)17/h3-6,8-9H,7H2,1-2H3/b4-3+. The van der Waals surface area contributed by atoms with E-state index in [1.54, 1.807) is 43.5 Å². The van der Waals surface area contributed by atoms with Crippen LogP contribution in [0.5, 0.6) is 5.75 Å². The van der Waals surface area contributed by atoms with E-state index >= 15 is 0 Å². The van der Waals surface area contributed by atoms with Crippen molar-refractivity contribution >= 4 is 23.0 Å². The predicted octanol–water partition coefficient (Wildman–Crippen LogP) is 2.38. The summed E-state index contributed by atoms with van der Waals surface area (Å²) in [5.74, 6) is 0.256. The summed E-state index contributed by atoms with van der Waals surface area (Å²) >= 11 is 0. The van der Waals surface area contributed by atoms with Gasteiger partial charge in [-0.1, -0.05) is 0 Å². The molecule has 0 spiro atoms. The molecule has 0 atom stereocenters. The number of benzene rings is 1. The van der Waals surface area contributed by atoms with Crippen LogP contribution in [0.4, 0.5) is 0 Å².